The molecule has 0 aromatic carbocycles. The maximum atomic E-state index is 9.30. The van der Waals surface area contributed by atoms with Gasteiger partial charge in [-0.3, -0.25) is 4.99 Å². The van der Waals surface area contributed by atoms with Crippen molar-refractivity contribution in [3.63, 3.8) is 0 Å². The first-order chi connectivity index (χ1) is 12.3. The summed E-state index contributed by atoms with van der Waals surface area (Å²) >= 11 is 0. The molecule has 1 saturated heterocycles. The van der Waals surface area contributed by atoms with E-state index in [1.54, 1.807) is 6.26 Å². The van der Waals surface area contributed by atoms with Crippen molar-refractivity contribution in [1.82, 2.24) is 10.6 Å². The number of nitrogens with zero attached hydrogens (tertiary/aromatic N) is 1. The summed E-state index contributed by atoms with van der Waals surface area (Å²) in [5, 5.41) is 15.9. The van der Waals surface area contributed by atoms with E-state index in [9.17, 15) is 5.11 Å². The Bertz CT molecular complexity index is 491. The topological polar surface area (TPSA) is 88.3 Å². The third-order valence-corrected chi connectivity index (χ3v) is 4.33. The number of aliphatic hydroxyl groups excluding tert-OH is 1. The van der Waals surface area contributed by atoms with E-state index in [4.69, 9.17) is 18.9 Å². The monoisotopic (exact) mass is 481 g/mol. The van der Waals surface area contributed by atoms with Gasteiger partial charge in [-0.05, 0) is 38.3 Å². The molecule has 8 heteroatoms. The second-order valence-corrected chi connectivity index (χ2v) is 6.38. The van der Waals surface area contributed by atoms with E-state index in [1.807, 2.05) is 19.1 Å². The zero-order valence-electron chi connectivity index (χ0n) is 15.5. The van der Waals surface area contributed by atoms with Gasteiger partial charge in [-0.15, -0.1) is 24.0 Å². The maximum Gasteiger partial charge on any atom is 0.191 e. The average Bonchev–Trinajstić information content (AvgIpc) is 3.28. The first-order valence-corrected chi connectivity index (χ1v) is 9.09. The van der Waals surface area contributed by atoms with Crippen LogP contribution in [0.3, 0.4) is 0 Å². The van der Waals surface area contributed by atoms with Gasteiger partial charge in [-0.25, -0.2) is 0 Å². The number of guanidine groups is 1. The van der Waals surface area contributed by atoms with Gasteiger partial charge in [-0.1, -0.05) is 0 Å². The highest BCUT2D eigenvalue weighted by molar-refractivity contribution is 14.0. The summed E-state index contributed by atoms with van der Waals surface area (Å²) in [5.41, 5.74) is -0.0246. The summed E-state index contributed by atoms with van der Waals surface area (Å²) < 4.78 is 16.3. The average molecular weight is 481 g/mol. The minimum atomic E-state index is -0.0246. The molecule has 1 aliphatic heterocycles. The molecule has 0 saturated carbocycles. The van der Waals surface area contributed by atoms with Crippen molar-refractivity contribution in [2.45, 2.75) is 32.8 Å². The number of furan rings is 1. The van der Waals surface area contributed by atoms with Crippen molar-refractivity contribution >= 4 is 29.9 Å². The molecule has 1 fully saturated rings. The van der Waals surface area contributed by atoms with Crippen LogP contribution >= 0.6 is 24.0 Å². The van der Waals surface area contributed by atoms with Crippen LogP contribution in [0.5, 0.6) is 0 Å². The fourth-order valence-corrected chi connectivity index (χ4v) is 2.82. The quantitative estimate of drug-likeness (QED) is 0.194. The molecule has 3 N–H and O–H groups in total. The molecule has 1 aromatic rings. The second kappa shape index (κ2) is 13.3. The molecule has 1 aliphatic rings. The van der Waals surface area contributed by atoms with Gasteiger partial charge in [0.1, 0.15) is 12.4 Å². The Morgan fingerprint density at radius 1 is 1.42 bits per heavy atom. The molecule has 0 aliphatic carbocycles. The minimum Gasteiger partial charge on any atom is -0.467 e. The van der Waals surface area contributed by atoms with Crippen molar-refractivity contribution in [2.24, 2.45) is 10.4 Å². The van der Waals surface area contributed by atoms with E-state index in [2.05, 4.69) is 10.6 Å². The first-order valence-electron chi connectivity index (χ1n) is 9.09. The van der Waals surface area contributed by atoms with Crippen LogP contribution in [0, 0.1) is 5.41 Å². The fourth-order valence-electron chi connectivity index (χ4n) is 2.82. The van der Waals surface area contributed by atoms with E-state index >= 15 is 0 Å². The van der Waals surface area contributed by atoms with Crippen LogP contribution in [0.2, 0.25) is 0 Å². The largest absolute Gasteiger partial charge is 0.467 e. The Hall–Kier alpha value is -0.840. The number of aliphatic hydroxyl groups is 1. The Kier molecular flexibility index (Phi) is 11.9. The van der Waals surface area contributed by atoms with E-state index in [0.29, 0.717) is 26.4 Å². The number of aliphatic imine (C=N–C) groups is 1. The van der Waals surface area contributed by atoms with Crippen molar-refractivity contribution < 1.29 is 19.0 Å². The molecule has 1 aromatic heterocycles. The molecule has 0 bridgehead atoms. The zero-order chi connectivity index (χ0) is 17.8. The van der Waals surface area contributed by atoms with E-state index < -0.39 is 0 Å². The molecule has 0 radical (unpaired) electrons. The summed E-state index contributed by atoms with van der Waals surface area (Å²) in [7, 11) is 0. The number of hydrogen-bond donors (Lipinski definition) is 3. The standard InChI is InChI=1S/C18H31N3O4.HI/c1-2-19-17(21-14-18(6-9-22)7-12-24-15-18)20-8-4-10-23-13-16-5-3-11-25-16;/h3,5,11,22H,2,4,6-10,12-15H2,1H3,(H2,19,20,21);1H. The van der Waals surface area contributed by atoms with Crippen LogP contribution in [-0.4, -0.2) is 57.1 Å². The summed E-state index contributed by atoms with van der Waals surface area (Å²) in [6.07, 6.45) is 4.22. The van der Waals surface area contributed by atoms with Crippen molar-refractivity contribution in [3.8, 4) is 0 Å². The molecular weight excluding hydrogens is 449 g/mol. The lowest BCUT2D eigenvalue weighted by Crippen LogP contribution is -2.39. The van der Waals surface area contributed by atoms with Crippen LogP contribution in [0.15, 0.2) is 27.8 Å². The Morgan fingerprint density at radius 3 is 2.96 bits per heavy atom. The molecule has 1 unspecified atom stereocenters. The lowest BCUT2D eigenvalue weighted by atomic mass is 9.84. The maximum absolute atomic E-state index is 9.30. The van der Waals surface area contributed by atoms with Crippen molar-refractivity contribution in [1.29, 1.82) is 0 Å². The lowest BCUT2D eigenvalue weighted by molar-refractivity contribution is 0.105. The van der Waals surface area contributed by atoms with Crippen molar-refractivity contribution in [3.05, 3.63) is 24.2 Å². The van der Waals surface area contributed by atoms with Gasteiger partial charge in [0.05, 0.1) is 19.4 Å². The SMILES string of the molecule is CCNC(=NCC1(CCO)CCOC1)NCCCOCc1ccco1.I. The Morgan fingerprint density at radius 2 is 2.31 bits per heavy atom. The molecule has 0 amide bonds. The summed E-state index contributed by atoms with van der Waals surface area (Å²) in [5.74, 6) is 1.65. The number of hydrogen-bond acceptors (Lipinski definition) is 5. The Balaban J connectivity index is 0.00000338. The molecule has 150 valence electrons. The van der Waals surface area contributed by atoms with Crippen LogP contribution < -0.4 is 10.6 Å². The predicted octanol–water partition coefficient (Wildman–Crippen LogP) is 2.15. The summed E-state index contributed by atoms with van der Waals surface area (Å²) in [6, 6.07) is 3.77. The van der Waals surface area contributed by atoms with Gasteiger partial charge in [0.25, 0.3) is 0 Å². The number of ether oxygens (including phenoxy) is 2. The van der Waals surface area contributed by atoms with Gasteiger partial charge in [-0.2, -0.15) is 0 Å². The number of rotatable bonds is 11. The Labute approximate surface area is 172 Å². The predicted molar refractivity (Wildman–Crippen MR) is 112 cm³/mol. The molecule has 0 spiro atoms. The zero-order valence-corrected chi connectivity index (χ0v) is 17.9. The summed E-state index contributed by atoms with van der Waals surface area (Å²) in [6.45, 7) is 7.08. The third kappa shape index (κ3) is 8.24. The summed E-state index contributed by atoms with van der Waals surface area (Å²) in [4.78, 5) is 4.69. The lowest BCUT2D eigenvalue weighted by Gasteiger charge is -2.24. The third-order valence-electron chi connectivity index (χ3n) is 4.33. The van der Waals surface area contributed by atoms with Crippen LogP contribution in [0.4, 0.5) is 0 Å². The van der Waals surface area contributed by atoms with Gasteiger partial charge < -0.3 is 29.6 Å². The van der Waals surface area contributed by atoms with Gasteiger partial charge in [0.2, 0.25) is 0 Å². The van der Waals surface area contributed by atoms with Crippen molar-refractivity contribution in [2.75, 3.05) is 46.1 Å². The highest BCUT2D eigenvalue weighted by atomic mass is 127. The highest BCUT2D eigenvalue weighted by Crippen LogP contribution is 2.32. The number of halogens is 1. The smallest absolute Gasteiger partial charge is 0.191 e. The van der Waals surface area contributed by atoms with E-state index in [0.717, 1.165) is 50.7 Å². The molecule has 2 heterocycles. The van der Waals surface area contributed by atoms with Crippen LogP contribution in [0.25, 0.3) is 0 Å². The molecule has 1 atom stereocenters. The fraction of sp³-hybridized carbons (Fsp3) is 0.722. The van der Waals surface area contributed by atoms with Gasteiger partial charge in [0.15, 0.2) is 5.96 Å². The normalized spacial score (nSPS) is 20.0. The molecule has 7 nitrogen and oxygen atoms in total. The molecule has 2 rings (SSSR count). The molecule has 26 heavy (non-hydrogen) atoms. The second-order valence-electron chi connectivity index (χ2n) is 6.38. The van der Waals surface area contributed by atoms with E-state index in [1.165, 1.54) is 0 Å². The van der Waals surface area contributed by atoms with E-state index in [-0.39, 0.29) is 36.0 Å². The number of nitrogens with one attached hydrogen (secondary N) is 2. The minimum absolute atomic E-state index is 0. The highest BCUT2D eigenvalue weighted by Gasteiger charge is 2.34. The van der Waals surface area contributed by atoms with Gasteiger partial charge >= 0.3 is 0 Å². The molecular formula is C18H32IN3O4. The van der Waals surface area contributed by atoms with Crippen LogP contribution in [0.1, 0.15) is 31.9 Å². The van der Waals surface area contributed by atoms with Crippen LogP contribution in [-0.2, 0) is 16.1 Å². The van der Waals surface area contributed by atoms with Gasteiger partial charge in [0, 0.05) is 38.3 Å². The first kappa shape index (κ1) is 23.2.